The quantitative estimate of drug-likeness (QED) is 0.547. The third-order valence-electron chi connectivity index (χ3n) is 3.82. The molecule has 0 aliphatic carbocycles. The van der Waals surface area contributed by atoms with E-state index in [1.807, 2.05) is 13.8 Å². The van der Waals surface area contributed by atoms with Crippen molar-refractivity contribution in [2.45, 2.75) is 26.8 Å². The summed E-state index contributed by atoms with van der Waals surface area (Å²) in [5.74, 6) is -0.527. The lowest BCUT2D eigenvalue weighted by Crippen LogP contribution is -2.39. The Hall–Kier alpha value is -3.42. The van der Waals surface area contributed by atoms with Crippen LogP contribution >= 0.6 is 0 Å². The Morgan fingerprint density at radius 3 is 1.93 bits per heavy atom. The monoisotopic (exact) mass is 400 g/mol. The molecule has 0 fully saturated rings. The number of anilines is 2. The number of rotatable bonds is 8. The first-order valence-corrected chi connectivity index (χ1v) is 9.27. The van der Waals surface area contributed by atoms with Crippen LogP contribution in [-0.4, -0.2) is 24.4 Å². The second-order valence-electron chi connectivity index (χ2n) is 6.93. The molecule has 2 aromatic carbocycles. The number of carbonyl (C=O) groups excluding carboxylic acids is 3. The molecule has 154 valence electrons. The summed E-state index contributed by atoms with van der Waals surface area (Å²) in [7, 11) is 0. The van der Waals surface area contributed by atoms with E-state index in [0.29, 0.717) is 17.8 Å². The Kier molecular flexibility index (Phi) is 8.14. The maximum atomic E-state index is 12.8. The van der Waals surface area contributed by atoms with Crippen molar-refractivity contribution in [3.8, 4) is 0 Å². The van der Waals surface area contributed by atoms with Gasteiger partial charge < -0.3 is 21.3 Å². The largest absolute Gasteiger partial charge is 0.334 e. The van der Waals surface area contributed by atoms with E-state index in [2.05, 4.69) is 21.3 Å². The van der Waals surface area contributed by atoms with Crippen LogP contribution in [0.4, 0.5) is 20.6 Å². The fourth-order valence-corrected chi connectivity index (χ4v) is 2.43. The average molecular weight is 400 g/mol. The predicted octanol–water partition coefficient (Wildman–Crippen LogP) is 3.25. The fourth-order valence-electron chi connectivity index (χ4n) is 2.43. The summed E-state index contributed by atoms with van der Waals surface area (Å²) in [6, 6.07) is 12.0. The molecule has 4 N–H and O–H groups in total. The highest BCUT2D eigenvalue weighted by Crippen LogP contribution is 2.14. The van der Waals surface area contributed by atoms with Gasteiger partial charge in [0.2, 0.25) is 11.8 Å². The Morgan fingerprint density at radius 2 is 1.38 bits per heavy atom. The molecule has 8 heteroatoms. The fraction of sp³-hybridized carbons (Fsp3) is 0.286. The molecule has 0 spiro atoms. The van der Waals surface area contributed by atoms with E-state index >= 15 is 0 Å². The van der Waals surface area contributed by atoms with Crippen LogP contribution in [0.2, 0.25) is 0 Å². The molecule has 0 saturated heterocycles. The van der Waals surface area contributed by atoms with Crippen LogP contribution in [0.15, 0.2) is 48.5 Å². The Balaban J connectivity index is 1.70. The molecule has 4 amide bonds. The number of nitrogens with one attached hydrogen (secondary N) is 4. The van der Waals surface area contributed by atoms with Gasteiger partial charge in [0.1, 0.15) is 5.82 Å². The standard InChI is InChI=1S/C21H25FN4O3/c1-14(2)11-19(27)25-17-7-9-18(10-8-17)26-20(28)13-24-21(29)23-12-15-3-5-16(22)6-4-15/h3-10,14H,11-13H2,1-2H3,(H,25,27)(H,26,28)(H2,23,24,29). The molecule has 29 heavy (non-hydrogen) atoms. The maximum Gasteiger partial charge on any atom is 0.315 e. The van der Waals surface area contributed by atoms with Crippen molar-refractivity contribution >= 4 is 29.2 Å². The van der Waals surface area contributed by atoms with Crippen LogP contribution in [0.3, 0.4) is 0 Å². The summed E-state index contributed by atoms with van der Waals surface area (Å²) in [5, 5.41) is 10.5. The number of amides is 4. The normalized spacial score (nSPS) is 10.3. The van der Waals surface area contributed by atoms with Gasteiger partial charge >= 0.3 is 6.03 Å². The minimum atomic E-state index is -0.507. The first-order chi connectivity index (χ1) is 13.8. The first kappa shape index (κ1) is 21.9. The third-order valence-corrected chi connectivity index (χ3v) is 3.82. The summed E-state index contributed by atoms with van der Waals surface area (Å²) in [4.78, 5) is 35.4. The first-order valence-electron chi connectivity index (χ1n) is 9.27. The van der Waals surface area contributed by atoms with Crippen molar-refractivity contribution in [1.29, 1.82) is 0 Å². The molecule has 0 aliphatic heterocycles. The summed E-state index contributed by atoms with van der Waals surface area (Å²) in [6.45, 7) is 3.95. The molecular weight excluding hydrogens is 375 g/mol. The van der Waals surface area contributed by atoms with Crippen molar-refractivity contribution in [1.82, 2.24) is 10.6 Å². The Morgan fingerprint density at radius 1 is 0.828 bits per heavy atom. The molecule has 7 nitrogen and oxygen atoms in total. The molecule has 0 heterocycles. The molecule has 0 radical (unpaired) electrons. The van der Waals surface area contributed by atoms with E-state index in [1.54, 1.807) is 36.4 Å². The second kappa shape index (κ2) is 10.8. The smallest absolute Gasteiger partial charge is 0.315 e. The van der Waals surface area contributed by atoms with Crippen LogP contribution in [0.1, 0.15) is 25.8 Å². The molecule has 2 rings (SSSR count). The topological polar surface area (TPSA) is 99.3 Å². The highest BCUT2D eigenvalue weighted by atomic mass is 19.1. The lowest BCUT2D eigenvalue weighted by Gasteiger charge is -2.10. The van der Waals surface area contributed by atoms with Gasteiger partial charge in [0.15, 0.2) is 0 Å². The summed E-state index contributed by atoms with van der Waals surface area (Å²) in [6.07, 6.45) is 0.438. The lowest BCUT2D eigenvalue weighted by atomic mass is 10.1. The zero-order chi connectivity index (χ0) is 21.2. The second-order valence-corrected chi connectivity index (χ2v) is 6.93. The Bertz CT molecular complexity index is 836. The number of hydrogen-bond acceptors (Lipinski definition) is 3. The molecule has 0 aliphatic rings. The highest BCUT2D eigenvalue weighted by molar-refractivity contribution is 5.95. The van der Waals surface area contributed by atoms with E-state index in [0.717, 1.165) is 5.56 Å². The zero-order valence-corrected chi connectivity index (χ0v) is 16.4. The van der Waals surface area contributed by atoms with E-state index in [9.17, 15) is 18.8 Å². The van der Waals surface area contributed by atoms with Gasteiger partial charge in [0.05, 0.1) is 6.54 Å². The number of hydrogen-bond donors (Lipinski definition) is 4. The number of halogens is 1. The van der Waals surface area contributed by atoms with Gasteiger partial charge in [-0.15, -0.1) is 0 Å². The van der Waals surface area contributed by atoms with Gasteiger partial charge in [-0.3, -0.25) is 9.59 Å². The van der Waals surface area contributed by atoms with Crippen LogP contribution in [0.25, 0.3) is 0 Å². The zero-order valence-electron chi connectivity index (χ0n) is 16.4. The third kappa shape index (κ3) is 8.42. The average Bonchev–Trinajstić information content (AvgIpc) is 2.67. The molecule has 0 aromatic heterocycles. The molecule has 0 bridgehead atoms. The van der Waals surface area contributed by atoms with Gasteiger partial charge in [-0.25, -0.2) is 9.18 Å². The van der Waals surface area contributed by atoms with Crippen molar-refractivity contribution in [3.63, 3.8) is 0 Å². The van der Waals surface area contributed by atoms with Gasteiger partial charge in [0, 0.05) is 24.3 Å². The number of benzene rings is 2. The van der Waals surface area contributed by atoms with Gasteiger partial charge in [0.25, 0.3) is 0 Å². The number of carbonyl (C=O) groups is 3. The summed E-state index contributed by atoms with van der Waals surface area (Å²) < 4.78 is 12.8. The van der Waals surface area contributed by atoms with E-state index in [4.69, 9.17) is 0 Å². The van der Waals surface area contributed by atoms with E-state index < -0.39 is 11.9 Å². The predicted molar refractivity (Wildman–Crippen MR) is 110 cm³/mol. The SMILES string of the molecule is CC(C)CC(=O)Nc1ccc(NC(=O)CNC(=O)NCc2ccc(F)cc2)cc1. The molecule has 0 atom stereocenters. The van der Waals surface area contributed by atoms with Crippen LogP contribution in [0, 0.1) is 11.7 Å². The van der Waals surface area contributed by atoms with Crippen molar-refractivity contribution < 1.29 is 18.8 Å². The minimum absolute atomic E-state index is 0.0624. The lowest BCUT2D eigenvalue weighted by molar-refractivity contribution is -0.117. The maximum absolute atomic E-state index is 12.8. The minimum Gasteiger partial charge on any atom is -0.334 e. The van der Waals surface area contributed by atoms with Crippen LogP contribution in [0.5, 0.6) is 0 Å². The summed E-state index contributed by atoms with van der Waals surface area (Å²) >= 11 is 0. The molecular formula is C21H25FN4O3. The van der Waals surface area contributed by atoms with Crippen molar-refractivity contribution in [2.24, 2.45) is 5.92 Å². The van der Waals surface area contributed by atoms with Crippen LogP contribution < -0.4 is 21.3 Å². The van der Waals surface area contributed by atoms with Gasteiger partial charge in [-0.1, -0.05) is 26.0 Å². The van der Waals surface area contributed by atoms with E-state index in [-0.39, 0.29) is 30.7 Å². The Labute approximate surface area is 169 Å². The highest BCUT2D eigenvalue weighted by Gasteiger charge is 2.08. The van der Waals surface area contributed by atoms with Gasteiger partial charge in [-0.05, 0) is 47.9 Å². The molecule has 0 saturated carbocycles. The van der Waals surface area contributed by atoms with Crippen molar-refractivity contribution in [2.75, 3.05) is 17.2 Å². The van der Waals surface area contributed by atoms with Crippen molar-refractivity contribution in [3.05, 3.63) is 59.9 Å². The van der Waals surface area contributed by atoms with E-state index in [1.165, 1.54) is 12.1 Å². The molecule has 0 unspecified atom stereocenters. The van der Waals surface area contributed by atoms with Gasteiger partial charge in [-0.2, -0.15) is 0 Å². The molecule has 2 aromatic rings. The number of urea groups is 1. The van der Waals surface area contributed by atoms with Crippen LogP contribution in [-0.2, 0) is 16.1 Å². The summed E-state index contributed by atoms with van der Waals surface area (Å²) in [5.41, 5.74) is 1.93.